The molecule has 92 valence electrons. The van der Waals surface area contributed by atoms with Gasteiger partial charge in [-0.2, -0.15) is 11.1 Å². The first-order valence-electron chi connectivity index (χ1n) is 4.54. The van der Waals surface area contributed by atoms with Gasteiger partial charge in [0, 0.05) is 0 Å². The molecule has 0 saturated heterocycles. The van der Waals surface area contributed by atoms with Crippen molar-refractivity contribution >= 4 is 26.3 Å². The summed E-state index contributed by atoms with van der Waals surface area (Å²) in [5.41, 5.74) is -0.569. The van der Waals surface area contributed by atoms with Gasteiger partial charge in [-0.25, -0.2) is 4.57 Å². The van der Waals surface area contributed by atoms with Gasteiger partial charge in [0.25, 0.3) is 0 Å². The quantitative estimate of drug-likeness (QED) is 0.342. The zero-order chi connectivity index (χ0) is 12.5. The number of phosphoric ester groups is 1. The van der Waals surface area contributed by atoms with Gasteiger partial charge in [-0.15, -0.1) is 0 Å². The van der Waals surface area contributed by atoms with Gasteiger partial charge in [-0.05, 0) is 0 Å². The van der Waals surface area contributed by atoms with Crippen molar-refractivity contribution in [2.75, 3.05) is 27.7 Å². The second kappa shape index (κ2) is 4.83. The van der Waals surface area contributed by atoms with E-state index in [4.69, 9.17) is 25.4 Å². The molecule has 2 N–H and O–H groups in total. The molecule has 0 saturated carbocycles. The van der Waals surface area contributed by atoms with Gasteiger partial charge >= 0.3 is 7.82 Å². The van der Waals surface area contributed by atoms with Crippen molar-refractivity contribution in [2.45, 2.75) is 18.8 Å². The lowest BCUT2D eigenvalue weighted by Crippen LogP contribution is -2.51. The van der Waals surface area contributed by atoms with E-state index < -0.39 is 20.9 Å². The van der Waals surface area contributed by atoms with Crippen LogP contribution >= 0.6 is 18.9 Å². The standard InChI is InChI=1S/C7H19ClNO4PSi/c1-9(2,3)6-7(15(4,5)8)13-14(10,11)12/h7H,6H2,1-5H3,(H-,10,11,12)/p+1. The Bertz CT molecular complexity index is 257. The van der Waals surface area contributed by atoms with Gasteiger partial charge in [0.05, 0.1) is 21.1 Å². The summed E-state index contributed by atoms with van der Waals surface area (Å²) in [5, 5.41) is 0. The Morgan fingerprint density at radius 3 is 2.00 bits per heavy atom. The maximum absolute atomic E-state index is 10.8. The highest BCUT2D eigenvalue weighted by Gasteiger charge is 2.39. The van der Waals surface area contributed by atoms with Gasteiger partial charge in [0.15, 0.2) is 7.38 Å². The Morgan fingerprint density at radius 1 is 1.40 bits per heavy atom. The fourth-order valence-electron chi connectivity index (χ4n) is 1.04. The molecule has 0 aliphatic carbocycles. The number of hydrogen-bond donors (Lipinski definition) is 2. The lowest BCUT2D eigenvalue weighted by atomic mass is 10.5. The van der Waals surface area contributed by atoms with Crippen LogP contribution in [-0.2, 0) is 9.09 Å². The Kier molecular flexibility index (Phi) is 5.02. The number of nitrogens with zero attached hydrogens (tertiary/aromatic N) is 1. The third-order valence-corrected chi connectivity index (χ3v) is 5.03. The molecule has 0 aromatic carbocycles. The predicted molar refractivity (Wildman–Crippen MR) is 63.2 cm³/mol. The highest BCUT2D eigenvalue weighted by atomic mass is 35.6. The molecule has 0 aromatic heterocycles. The summed E-state index contributed by atoms with van der Waals surface area (Å²) < 4.78 is 16.1. The maximum Gasteiger partial charge on any atom is 0.469 e. The minimum absolute atomic E-state index is 0.480. The van der Waals surface area contributed by atoms with Gasteiger partial charge in [0.1, 0.15) is 12.3 Å². The van der Waals surface area contributed by atoms with E-state index in [1.54, 1.807) is 0 Å². The van der Waals surface area contributed by atoms with E-state index in [0.717, 1.165) is 0 Å². The smallest absolute Gasteiger partial charge is 0.329 e. The van der Waals surface area contributed by atoms with Crippen molar-refractivity contribution in [1.29, 1.82) is 0 Å². The molecule has 5 nitrogen and oxygen atoms in total. The number of quaternary nitrogens is 1. The molecule has 1 unspecified atom stereocenters. The first-order chi connectivity index (χ1) is 6.31. The Labute approximate surface area is 96.5 Å². The van der Waals surface area contributed by atoms with Crippen molar-refractivity contribution in [3.05, 3.63) is 0 Å². The molecule has 0 fully saturated rings. The first-order valence-corrected chi connectivity index (χ1v) is 10.2. The molecule has 8 heteroatoms. The van der Waals surface area contributed by atoms with Gasteiger partial charge < -0.3 is 14.3 Å². The zero-order valence-electron chi connectivity index (χ0n) is 9.77. The second-order valence-corrected chi connectivity index (χ2v) is 13.0. The number of halogens is 1. The third kappa shape index (κ3) is 8.39. The van der Waals surface area contributed by atoms with Gasteiger partial charge in [0.2, 0.25) is 0 Å². The summed E-state index contributed by atoms with van der Waals surface area (Å²) in [4.78, 5) is 17.6. The third-order valence-electron chi connectivity index (χ3n) is 1.74. The van der Waals surface area contributed by atoms with E-state index in [-0.39, 0.29) is 0 Å². The first kappa shape index (κ1) is 15.6. The molecule has 0 spiro atoms. The number of hydrogen-bond acceptors (Lipinski definition) is 2. The maximum atomic E-state index is 10.8. The van der Waals surface area contributed by atoms with E-state index in [0.29, 0.717) is 11.0 Å². The van der Waals surface area contributed by atoms with E-state index in [1.807, 2.05) is 34.2 Å². The molecule has 15 heavy (non-hydrogen) atoms. The van der Waals surface area contributed by atoms with Crippen molar-refractivity contribution in [2.24, 2.45) is 0 Å². The van der Waals surface area contributed by atoms with Crippen LogP contribution in [-0.4, -0.2) is 55.1 Å². The largest absolute Gasteiger partial charge is 0.469 e. The molecule has 0 rings (SSSR count). The average Bonchev–Trinajstić information content (AvgIpc) is 1.75. The van der Waals surface area contributed by atoms with Crippen LogP contribution in [0.3, 0.4) is 0 Å². The second-order valence-electron chi connectivity index (χ2n) is 5.12. The van der Waals surface area contributed by atoms with Crippen LogP contribution in [0.1, 0.15) is 0 Å². The van der Waals surface area contributed by atoms with Crippen LogP contribution in [0.15, 0.2) is 0 Å². The van der Waals surface area contributed by atoms with E-state index in [1.165, 1.54) is 0 Å². The molecular formula is C7H20ClNO4PSi+. The Balaban J connectivity index is 4.70. The summed E-state index contributed by atoms with van der Waals surface area (Å²) in [7, 11) is -0.957. The van der Waals surface area contributed by atoms with E-state index >= 15 is 0 Å². The monoisotopic (exact) mass is 276 g/mol. The number of phosphoric acid groups is 1. The van der Waals surface area contributed by atoms with E-state index in [9.17, 15) is 4.57 Å². The molecule has 0 bridgehead atoms. The van der Waals surface area contributed by atoms with Gasteiger partial charge in [-0.3, -0.25) is 4.52 Å². The lowest BCUT2D eigenvalue weighted by molar-refractivity contribution is -0.871. The minimum atomic E-state index is -4.46. The topological polar surface area (TPSA) is 66.8 Å². The molecule has 0 aliphatic rings. The number of rotatable bonds is 5. The number of likely N-dealkylation sites (N-methyl/N-ethyl adjacent to an activating group) is 1. The zero-order valence-corrected chi connectivity index (χ0v) is 12.4. The normalized spacial score (nSPS) is 16.5. The Morgan fingerprint density at radius 2 is 1.80 bits per heavy atom. The van der Waals surface area contributed by atoms with Crippen molar-refractivity contribution in [1.82, 2.24) is 0 Å². The summed E-state index contributed by atoms with van der Waals surface area (Å²) in [5.74, 6) is 0. The highest BCUT2D eigenvalue weighted by Crippen LogP contribution is 2.40. The predicted octanol–water partition coefficient (Wildman–Crippen LogP) is 1.15. The van der Waals surface area contributed by atoms with Crippen LogP contribution in [0.25, 0.3) is 0 Å². The van der Waals surface area contributed by atoms with Crippen LogP contribution < -0.4 is 0 Å². The fourth-order valence-corrected chi connectivity index (χ4v) is 4.40. The molecule has 0 aromatic rings. The molecular weight excluding hydrogens is 257 g/mol. The van der Waals surface area contributed by atoms with Crippen molar-refractivity contribution in [3.63, 3.8) is 0 Å². The summed E-state index contributed by atoms with van der Waals surface area (Å²) in [6, 6.07) is 0. The van der Waals surface area contributed by atoms with Crippen molar-refractivity contribution in [3.8, 4) is 0 Å². The summed E-state index contributed by atoms with van der Waals surface area (Å²) >= 11 is 6.17. The van der Waals surface area contributed by atoms with E-state index in [2.05, 4.69) is 0 Å². The van der Waals surface area contributed by atoms with Gasteiger partial charge in [-0.1, -0.05) is 13.1 Å². The Hall–Kier alpha value is 0.577. The molecule has 0 aliphatic heterocycles. The highest BCUT2D eigenvalue weighted by molar-refractivity contribution is 7.46. The molecule has 0 radical (unpaired) electrons. The molecule has 0 amide bonds. The summed E-state index contributed by atoms with van der Waals surface area (Å²) in [6.07, 6.45) is 0. The van der Waals surface area contributed by atoms with Crippen LogP contribution in [0.5, 0.6) is 0 Å². The van der Waals surface area contributed by atoms with Crippen LogP contribution in [0.4, 0.5) is 0 Å². The van der Waals surface area contributed by atoms with Crippen LogP contribution in [0, 0.1) is 0 Å². The van der Waals surface area contributed by atoms with Crippen molar-refractivity contribution < 1.29 is 23.4 Å². The minimum Gasteiger partial charge on any atom is -0.329 e. The average molecular weight is 277 g/mol. The fraction of sp³-hybridized carbons (Fsp3) is 1.00. The lowest BCUT2D eigenvalue weighted by Gasteiger charge is -2.33. The van der Waals surface area contributed by atoms with Crippen LogP contribution in [0.2, 0.25) is 13.1 Å². The summed E-state index contributed by atoms with van der Waals surface area (Å²) in [6.45, 7) is 4.10. The molecule has 1 atom stereocenters. The molecule has 0 heterocycles. The SMILES string of the molecule is C[N+](C)(C)CC(OP(=O)(O)O)[Si](C)(C)Cl.